The van der Waals surface area contributed by atoms with Gasteiger partial charge >= 0.3 is 11.9 Å². The van der Waals surface area contributed by atoms with E-state index in [0.717, 1.165) is 11.8 Å². The van der Waals surface area contributed by atoms with E-state index in [1.165, 1.54) is 22.9 Å². The summed E-state index contributed by atoms with van der Waals surface area (Å²) in [5.74, 6) is -2.24. The molecule has 0 aliphatic carbocycles. The Balaban J connectivity index is 0.000000163. The van der Waals surface area contributed by atoms with Crippen molar-refractivity contribution in [2.45, 2.75) is 6.92 Å². The molecular formula is C22H18N2O4. The van der Waals surface area contributed by atoms with Gasteiger partial charge in [0.2, 0.25) is 0 Å². The molecule has 0 fully saturated rings. The topological polar surface area (TPSA) is 92.4 Å². The number of carboxylic acids is 2. The van der Waals surface area contributed by atoms with E-state index in [1.54, 1.807) is 13.1 Å². The van der Waals surface area contributed by atoms with Gasteiger partial charge in [0.1, 0.15) is 0 Å². The van der Waals surface area contributed by atoms with Crippen LogP contribution in [-0.2, 0) is 0 Å². The number of nitrogens with zero attached hydrogens (tertiary/aromatic N) is 2. The fourth-order valence-electron chi connectivity index (χ4n) is 2.77. The van der Waals surface area contributed by atoms with Crippen molar-refractivity contribution in [3.05, 3.63) is 95.8 Å². The molecule has 0 atom stereocenters. The molecule has 6 heteroatoms. The standard InChI is InChI=1S/C13H10N2.C9H8O4/c1-2-5-12-10-13(7-6-11(12)4-1)15-9-3-8-14-15;1-5-2-6(8(10)11)4-7(3-5)9(12)13/h1-10H;2-4H,1H3,(H,10,11)(H,12,13). The second-order valence-electron chi connectivity index (χ2n) is 6.18. The van der Waals surface area contributed by atoms with Crippen molar-refractivity contribution in [3.63, 3.8) is 0 Å². The lowest BCUT2D eigenvalue weighted by atomic mass is 10.1. The number of aromatic nitrogens is 2. The summed E-state index contributed by atoms with van der Waals surface area (Å²) in [4.78, 5) is 21.1. The van der Waals surface area contributed by atoms with Gasteiger partial charge < -0.3 is 10.2 Å². The van der Waals surface area contributed by atoms with Crippen molar-refractivity contribution in [3.8, 4) is 5.69 Å². The van der Waals surface area contributed by atoms with E-state index in [9.17, 15) is 9.59 Å². The van der Waals surface area contributed by atoms with Gasteiger partial charge in [0, 0.05) is 12.4 Å². The van der Waals surface area contributed by atoms with Gasteiger partial charge in [-0.15, -0.1) is 0 Å². The number of carboxylic acid groups (broad SMARTS) is 2. The van der Waals surface area contributed by atoms with Gasteiger partial charge in [0.05, 0.1) is 16.8 Å². The van der Waals surface area contributed by atoms with E-state index in [0.29, 0.717) is 5.56 Å². The van der Waals surface area contributed by atoms with E-state index in [-0.39, 0.29) is 11.1 Å². The summed E-state index contributed by atoms with van der Waals surface area (Å²) in [6.07, 6.45) is 3.74. The first-order valence-corrected chi connectivity index (χ1v) is 8.51. The Morgan fingerprint density at radius 3 is 2.04 bits per heavy atom. The molecule has 0 radical (unpaired) electrons. The Hall–Kier alpha value is -3.93. The number of hydrogen-bond donors (Lipinski definition) is 2. The number of hydrogen-bond acceptors (Lipinski definition) is 3. The molecule has 0 saturated heterocycles. The van der Waals surface area contributed by atoms with Crippen LogP contribution in [0.4, 0.5) is 0 Å². The van der Waals surface area contributed by atoms with Crippen LogP contribution in [0, 0.1) is 6.92 Å². The van der Waals surface area contributed by atoms with E-state index in [1.807, 2.05) is 16.9 Å². The average molecular weight is 374 g/mol. The molecule has 0 aliphatic rings. The van der Waals surface area contributed by atoms with Crippen molar-refractivity contribution < 1.29 is 19.8 Å². The number of carbonyl (C=O) groups is 2. The summed E-state index contributed by atoms with van der Waals surface area (Å²) in [6.45, 7) is 1.65. The molecule has 140 valence electrons. The summed E-state index contributed by atoms with van der Waals surface area (Å²) in [5.41, 5.74) is 1.71. The number of rotatable bonds is 3. The Morgan fingerprint density at radius 2 is 1.46 bits per heavy atom. The Bertz CT molecular complexity index is 1100. The molecule has 1 aromatic heterocycles. The number of aryl methyl sites for hydroxylation is 1. The first kappa shape index (κ1) is 18.8. The smallest absolute Gasteiger partial charge is 0.335 e. The number of fused-ring (bicyclic) bond motifs is 1. The van der Waals surface area contributed by atoms with Crippen LogP contribution < -0.4 is 0 Å². The molecular weight excluding hydrogens is 356 g/mol. The van der Waals surface area contributed by atoms with Crippen LogP contribution in [0.2, 0.25) is 0 Å². The van der Waals surface area contributed by atoms with Crippen molar-refractivity contribution in [1.82, 2.24) is 9.78 Å². The molecule has 0 saturated carbocycles. The Kier molecular flexibility index (Phi) is 5.50. The summed E-state index contributed by atoms with van der Waals surface area (Å²) < 4.78 is 1.87. The third-order valence-corrected chi connectivity index (χ3v) is 4.07. The van der Waals surface area contributed by atoms with Gasteiger partial charge in [0.25, 0.3) is 0 Å². The molecule has 0 unspecified atom stereocenters. The highest BCUT2D eigenvalue weighted by Crippen LogP contribution is 2.17. The van der Waals surface area contributed by atoms with Gasteiger partial charge in [-0.25, -0.2) is 14.3 Å². The molecule has 4 rings (SSSR count). The molecule has 0 bridgehead atoms. The van der Waals surface area contributed by atoms with Crippen molar-refractivity contribution in [1.29, 1.82) is 0 Å². The fraction of sp³-hybridized carbons (Fsp3) is 0.0455. The Morgan fingerprint density at radius 1 is 0.821 bits per heavy atom. The van der Waals surface area contributed by atoms with Crippen LogP contribution in [0.25, 0.3) is 16.5 Å². The second-order valence-corrected chi connectivity index (χ2v) is 6.18. The molecule has 3 aromatic carbocycles. The van der Waals surface area contributed by atoms with Gasteiger partial charge in [0.15, 0.2) is 0 Å². The van der Waals surface area contributed by atoms with E-state index in [2.05, 4.69) is 47.6 Å². The lowest BCUT2D eigenvalue weighted by molar-refractivity contribution is 0.0696. The zero-order valence-electron chi connectivity index (χ0n) is 15.1. The predicted octanol–water partition coefficient (Wildman–Crippen LogP) is 4.42. The molecule has 28 heavy (non-hydrogen) atoms. The van der Waals surface area contributed by atoms with E-state index in [4.69, 9.17) is 10.2 Å². The van der Waals surface area contributed by atoms with Crippen molar-refractivity contribution in [2.75, 3.05) is 0 Å². The highest BCUT2D eigenvalue weighted by Gasteiger charge is 2.09. The largest absolute Gasteiger partial charge is 0.478 e. The van der Waals surface area contributed by atoms with Crippen LogP contribution in [-0.4, -0.2) is 31.9 Å². The first-order chi connectivity index (χ1) is 13.4. The van der Waals surface area contributed by atoms with Crippen LogP contribution in [0.15, 0.2) is 79.1 Å². The van der Waals surface area contributed by atoms with Gasteiger partial charge in [-0.3, -0.25) is 0 Å². The lowest BCUT2D eigenvalue weighted by Crippen LogP contribution is -2.02. The summed E-state index contributed by atoms with van der Waals surface area (Å²) in [5, 5.41) is 24.0. The molecule has 0 aliphatic heterocycles. The highest BCUT2D eigenvalue weighted by molar-refractivity contribution is 5.94. The monoisotopic (exact) mass is 374 g/mol. The third-order valence-electron chi connectivity index (χ3n) is 4.07. The highest BCUT2D eigenvalue weighted by atomic mass is 16.4. The van der Waals surface area contributed by atoms with Gasteiger partial charge in [-0.1, -0.05) is 30.3 Å². The van der Waals surface area contributed by atoms with Gasteiger partial charge in [-0.05, 0) is 59.7 Å². The molecule has 0 spiro atoms. The maximum Gasteiger partial charge on any atom is 0.335 e. The normalized spacial score (nSPS) is 10.2. The van der Waals surface area contributed by atoms with Crippen molar-refractivity contribution in [2.24, 2.45) is 0 Å². The minimum atomic E-state index is -1.12. The number of benzene rings is 3. The molecule has 4 aromatic rings. The maximum absolute atomic E-state index is 10.5. The predicted molar refractivity (Wildman–Crippen MR) is 106 cm³/mol. The SMILES string of the molecule is Cc1cc(C(=O)O)cc(C(=O)O)c1.c1ccc2cc(-n3cccn3)ccc2c1. The van der Waals surface area contributed by atoms with E-state index < -0.39 is 11.9 Å². The number of aromatic carboxylic acids is 2. The average Bonchev–Trinajstić information content (AvgIpc) is 3.22. The maximum atomic E-state index is 10.5. The molecule has 6 nitrogen and oxygen atoms in total. The quantitative estimate of drug-likeness (QED) is 0.554. The Labute approximate surface area is 161 Å². The van der Waals surface area contributed by atoms with Crippen LogP contribution in [0.5, 0.6) is 0 Å². The lowest BCUT2D eigenvalue weighted by Gasteiger charge is -2.03. The van der Waals surface area contributed by atoms with Crippen LogP contribution >= 0.6 is 0 Å². The zero-order valence-corrected chi connectivity index (χ0v) is 15.1. The molecule has 0 amide bonds. The minimum absolute atomic E-state index is 0.00241. The summed E-state index contributed by atoms with van der Waals surface area (Å²) in [6, 6.07) is 20.6. The summed E-state index contributed by atoms with van der Waals surface area (Å²) in [7, 11) is 0. The third kappa shape index (κ3) is 4.42. The zero-order chi connectivity index (χ0) is 20.1. The summed E-state index contributed by atoms with van der Waals surface area (Å²) >= 11 is 0. The second kappa shape index (κ2) is 8.18. The fourth-order valence-corrected chi connectivity index (χ4v) is 2.77. The van der Waals surface area contributed by atoms with Gasteiger partial charge in [-0.2, -0.15) is 5.10 Å². The van der Waals surface area contributed by atoms with Crippen LogP contribution in [0.3, 0.4) is 0 Å². The van der Waals surface area contributed by atoms with Crippen molar-refractivity contribution >= 4 is 22.7 Å². The first-order valence-electron chi connectivity index (χ1n) is 8.51. The minimum Gasteiger partial charge on any atom is -0.478 e. The molecule has 1 heterocycles. The van der Waals surface area contributed by atoms with Crippen LogP contribution in [0.1, 0.15) is 26.3 Å². The molecule has 2 N–H and O–H groups in total. The van der Waals surface area contributed by atoms with E-state index >= 15 is 0 Å².